The summed E-state index contributed by atoms with van der Waals surface area (Å²) < 4.78 is 13.5. The van der Waals surface area contributed by atoms with Gasteiger partial charge in [-0.25, -0.2) is 4.39 Å². The van der Waals surface area contributed by atoms with Crippen LogP contribution in [0.1, 0.15) is 24.1 Å². The largest absolute Gasteiger partial charge is 0.207 e. The summed E-state index contributed by atoms with van der Waals surface area (Å²) in [4.78, 5) is 0. The van der Waals surface area contributed by atoms with Crippen LogP contribution in [-0.2, 0) is 0 Å². The van der Waals surface area contributed by atoms with Gasteiger partial charge in [-0.2, -0.15) is 10.2 Å². The Labute approximate surface area is 87.8 Å². The van der Waals surface area contributed by atoms with Crippen LogP contribution in [0.3, 0.4) is 0 Å². The molecule has 1 unspecified atom stereocenters. The highest BCUT2D eigenvalue weighted by atomic mass is 19.1. The molecule has 1 aromatic heterocycles. The lowest BCUT2D eigenvalue weighted by atomic mass is 9.97. The third kappa shape index (κ3) is 2.01. The van der Waals surface area contributed by atoms with Crippen molar-refractivity contribution >= 4 is 0 Å². The minimum atomic E-state index is -0.198. The number of rotatable bonds is 2. The molecule has 0 aliphatic heterocycles. The van der Waals surface area contributed by atoms with E-state index in [4.69, 9.17) is 0 Å². The Kier molecular flexibility index (Phi) is 2.72. The minimum Gasteiger partial charge on any atom is -0.207 e. The number of benzene rings is 1. The highest BCUT2D eigenvalue weighted by Crippen LogP contribution is 2.23. The van der Waals surface area contributed by atoms with Crippen LogP contribution < -0.4 is 0 Å². The zero-order chi connectivity index (χ0) is 10.7. The predicted molar refractivity (Wildman–Crippen MR) is 55.9 cm³/mol. The van der Waals surface area contributed by atoms with Crippen molar-refractivity contribution in [2.45, 2.75) is 12.8 Å². The Hall–Kier alpha value is -1.77. The van der Waals surface area contributed by atoms with E-state index in [0.717, 1.165) is 5.69 Å². The molecule has 0 amide bonds. The molecule has 0 aliphatic rings. The number of hydrogen-bond donors (Lipinski definition) is 0. The molecule has 76 valence electrons. The van der Waals surface area contributed by atoms with Crippen LogP contribution in [0.15, 0.2) is 42.6 Å². The van der Waals surface area contributed by atoms with E-state index in [2.05, 4.69) is 10.2 Å². The van der Waals surface area contributed by atoms with Gasteiger partial charge in [-0.05, 0) is 23.8 Å². The third-order valence-corrected chi connectivity index (χ3v) is 2.41. The summed E-state index contributed by atoms with van der Waals surface area (Å²) in [6.45, 7) is 1.92. The SMILES string of the molecule is CC(c1cccnn1)c1ccccc1F. The summed E-state index contributed by atoms with van der Waals surface area (Å²) >= 11 is 0. The second kappa shape index (κ2) is 4.17. The maximum atomic E-state index is 13.5. The van der Waals surface area contributed by atoms with Crippen molar-refractivity contribution in [1.82, 2.24) is 10.2 Å². The van der Waals surface area contributed by atoms with Gasteiger partial charge in [0, 0.05) is 12.1 Å². The van der Waals surface area contributed by atoms with Crippen LogP contribution >= 0.6 is 0 Å². The lowest BCUT2D eigenvalue weighted by Gasteiger charge is -2.10. The van der Waals surface area contributed by atoms with Gasteiger partial charge in [-0.1, -0.05) is 25.1 Å². The quantitative estimate of drug-likeness (QED) is 0.748. The Bertz CT molecular complexity index is 442. The van der Waals surface area contributed by atoms with E-state index in [-0.39, 0.29) is 11.7 Å². The molecule has 1 atom stereocenters. The monoisotopic (exact) mass is 202 g/mol. The van der Waals surface area contributed by atoms with E-state index in [0.29, 0.717) is 5.56 Å². The Morgan fingerprint density at radius 2 is 1.93 bits per heavy atom. The fraction of sp³-hybridized carbons (Fsp3) is 0.167. The molecule has 0 saturated heterocycles. The molecule has 0 spiro atoms. The molecular formula is C12H11FN2. The van der Waals surface area contributed by atoms with E-state index in [9.17, 15) is 4.39 Å². The molecule has 1 aromatic carbocycles. The summed E-state index contributed by atoms with van der Waals surface area (Å²) in [5, 5.41) is 7.77. The second-order valence-corrected chi connectivity index (χ2v) is 3.39. The minimum absolute atomic E-state index is 0.0695. The first-order valence-corrected chi connectivity index (χ1v) is 4.81. The van der Waals surface area contributed by atoms with Gasteiger partial charge in [0.05, 0.1) is 5.69 Å². The molecule has 2 rings (SSSR count). The first kappa shape index (κ1) is 9.77. The maximum absolute atomic E-state index is 13.5. The maximum Gasteiger partial charge on any atom is 0.127 e. The molecule has 0 aliphatic carbocycles. The van der Waals surface area contributed by atoms with Crippen LogP contribution in [-0.4, -0.2) is 10.2 Å². The molecule has 3 heteroatoms. The zero-order valence-electron chi connectivity index (χ0n) is 8.39. The van der Waals surface area contributed by atoms with Crippen LogP contribution in [0.25, 0.3) is 0 Å². The summed E-state index contributed by atoms with van der Waals surface area (Å²) in [6, 6.07) is 10.4. The van der Waals surface area contributed by atoms with Gasteiger partial charge in [0.15, 0.2) is 0 Å². The molecule has 15 heavy (non-hydrogen) atoms. The van der Waals surface area contributed by atoms with Crippen molar-refractivity contribution in [3.63, 3.8) is 0 Å². The van der Waals surface area contributed by atoms with Gasteiger partial charge >= 0.3 is 0 Å². The third-order valence-electron chi connectivity index (χ3n) is 2.41. The fourth-order valence-electron chi connectivity index (χ4n) is 1.53. The average molecular weight is 202 g/mol. The molecular weight excluding hydrogens is 191 g/mol. The second-order valence-electron chi connectivity index (χ2n) is 3.39. The van der Waals surface area contributed by atoms with Crippen molar-refractivity contribution in [2.75, 3.05) is 0 Å². The predicted octanol–water partition coefficient (Wildman–Crippen LogP) is 2.77. The zero-order valence-corrected chi connectivity index (χ0v) is 8.39. The van der Waals surface area contributed by atoms with E-state index < -0.39 is 0 Å². The molecule has 2 nitrogen and oxygen atoms in total. The molecule has 0 N–H and O–H groups in total. The summed E-state index contributed by atoms with van der Waals surface area (Å²) in [6.07, 6.45) is 1.61. The van der Waals surface area contributed by atoms with Gasteiger partial charge in [-0.15, -0.1) is 0 Å². The Balaban J connectivity index is 2.37. The summed E-state index contributed by atoms with van der Waals surface area (Å²) in [7, 11) is 0. The Morgan fingerprint density at radius 3 is 2.60 bits per heavy atom. The first-order valence-electron chi connectivity index (χ1n) is 4.81. The molecule has 0 radical (unpaired) electrons. The fourth-order valence-corrected chi connectivity index (χ4v) is 1.53. The van der Waals surface area contributed by atoms with Crippen molar-refractivity contribution in [3.05, 3.63) is 59.7 Å². The topological polar surface area (TPSA) is 25.8 Å². The number of aromatic nitrogens is 2. The number of nitrogens with zero attached hydrogens (tertiary/aromatic N) is 2. The molecule has 0 bridgehead atoms. The van der Waals surface area contributed by atoms with E-state index in [1.165, 1.54) is 6.07 Å². The van der Waals surface area contributed by atoms with Crippen molar-refractivity contribution in [1.29, 1.82) is 0 Å². The van der Waals surface area contributed by atoms with Gasteiger partial charge < -0.3 is 0 Å². The first-order chi connectivity index (χ1) is 7.29. The van der Waals surface area contributed by atoms with Crippen LogP contribution in [0.5, 0.6) is 0 Å². The number of halogens is 1. The highest BCUT2D eigenvalue weighted by Gasteiger charge is 2.13. The molecule has 0 saturated carbocycles. The van der Waals surface area contributed by atoms with Gasteiger partial charge in [0.1, 0.15) is 5.82 Å². The molecule has 0 fully saturated rings. The summed E-state index contributed by atoms with van der Waals surface area (Å²) in [5.41, 5.74) is 1.43. The van der Waals surface area contributed by atoms with Crippen molar-refractivity contribution < 1.29 is 4.39 Å². The van der Waals surface area contributed by atoms with Crippen LogP contribution in [0.2, 0.25) is 0 Å². The lowest BCUT2D eigenvalue weighted by Crippen LogP contribution is -2.02. The van der Waals surface area contributed by atoms with Gasteiger partial charge in [0.2, 0.25) is 0 Å². The average Bonchev–Trinajstić information content (AvgIpc) is 2.30. The smallest absolute Gasteiger partial charge is 0.127 e. The standard InChI is InChI=1S/C12H11FN2/c1-9(12-7-4-8-14-15-12)10-5-2-3-6-11(10)13/h2-9H,1H3. The lowest BCUT2D eigenvalue weighted by molar-refractivity contribution is 0.600. The highest BCUT2D eigenvalue weighted by molar-refractivity contribution is 5.28. The van der Waals surface area contributed by atoms with Crippen LogP contribution in [0, 0.1) is 5.82 Å². The van der Waals surface area contributed by atoms with Crippen molar-refractivity contribution in [3.8, 4) is 0 Å². The van der Waals surface area contributed by atoms with Gasteiger partial charge in [0.25, 0.3) is 0 Å². The molecule has 1 heterocycles. The van der Waals surface area contributed by atoms with Gasteiger partial charge in [-0.3, -0.25) is 0 Å². The van der Waals surface area contributed by atoms with E-state index >= 15 is 0 Å². The Morgan fingerprint density at radius 1 is 1.13 bits per heavy atom. The van der Waals surface area contributed by atoms with E-state index in [1.807, 2.05) is 19.1 Å². The van der Waals surface area contributed by atoms with E-state index in [1.54, 1.807) is 24.4 Å². The summed E-state index contributed by atoms with van der Waals surface area (Å²) in [5.74, 6) is -0.268. The molecule has 2 aromatic rings. The van der Waals surface area contributed by atoms with Crippen molar-refractivity contribution in [2.24, 2.45) is 0 Å². The normalized spacial score (nSPS) is 12.4. The van der Waals surface area contributed by atoms with Crippen LogP contribution in [0.4, 0.5) is 4.39 Å². The number of hydrogen-bond acceptors (Lipinski definition) is 2.